The van der Waals surface area contributed by atoms with Crippen molar-refractivity contribution in [3.05, 3.63) is 24.5 Å². The van der Waals surface area contributed by atoms with E-state index in [1.165, 1.54) is 7.11 Å². The van der Waals surface area contributed by atoms with Crippen LogP contribution >= 0.6 is 0 Å². The van der Waals surface area contributed by atoms with Crippen molar-refractivity contribution in [2.75, 3.05) is 20.3 Å². The lowest BCUT2D eigenvalue weighted by Gasteiger charge is -2.28. The van der Waals surface area contributed by atoms with Gasteiger partial charge in [0, 0.05) is 13.0 Å². The van der Waals surface area contributed by atoms with Gasteiger partial charge in [-0.05, 0) is 43.6 Å². The van der Waals surface area contributed by atoms with E-state index in [1.54, 1.807) is 13.8 Å². The first kappa shape index (κ1) is 25.0. The van der Waals surface area contributed by atoms with Crippen LogP contribution in [0.1, 0.15) is 60.3 Å². The number of hydrogen-bond donors (Lipinski definition) is 1. The molecule has 0 aromatic carbocycles. The molecular weight excluding hydrogens is 346 g/mol. The molecule has 0 aliphatic rings. The summed E-state index contributed by atoms with van der Waals surface area (Å²) in [5, 5.41) is 2.82. The predicted molar refractivity (Wildman–Crippen MR) is 107 cm³/mol. The zero-order chi connectivity index (χ0) is 21.0. The maximum absolute atomic E-state index is 12.0. The number of methoxy groups -OCH3 is 1. The monoisotopic (exact) mass is 383 g/mol. The van der Waals surface area contributed by atoms with Crippen molar-refractivity contribution in [2.24, 2.45) is 11.3 Å². The van der Waals surface area contributed by atoms with E-state index < -0.39 is 6.09 Å². The Morgan fingerprint density at radius 3 is 2.37 bits per heavy atom. The number of alkyl carbamates (subject to hydrolysis) is 1. The molecule has 0 saturated carbocycles. The first-order valence-corrected chi connectivity index (χ1v) is 9.45. The Bertz CT molecular complexity index is 513. The average Bonchev–Trinajstić information content (AvgIpc) is 2.57. The topological polar surface area (TPSA) is 73.9 Å². The largest absolute Gasteiger partial charge is 0.490 e. The Balaban J connectivity index is 4.12. The molecule has 6 heteroatoms. The molecule has 0 aliphatic heterocycles. The Labute approximate surface area is 164 Å². The maximum atomic E-state index is 12.0. The van der Waals surface area contributed by atoms with Gasteiger partial charge in [-0.15, -0.1) is 0 Å². The van der Waals surface area contributed by atoms with E-state index in [0.717, 1.165) is 24.8 Å². The van der Waals surface area contributed by atoms with Crippen molar-refractivity contribution >= 4 is 12.1 Å². The van der Waals surface area contributed by atoms with Crippen LogP contribution in [0.25, 0.3) is 0 Å². The number of carbonyl (C=O) groups excluding carboxylic acids is 2. The zero-order valence-electron chi connectivity index (χ0n) is 17.9. The third-order valence-corrected chi connectivity index (χ3v) is 4.19. The summed E-state index contributed by atoms with van der Waals surface area (Å²) in [6.45, 7) is 18.2. The van der Waals surface area contributed by atoms with Gasteiger partial charge in [0.1, 0.15) is 18.5 Å². The molecule has 0 radical (unpaired) electrons. The van der Waals surface area contributed by atoms with Crippen LogP contribution in [0, 0.1) is 11.3 Å². The fourth-order valence-electron chi connectivity index (χ4n) is 2.73. The summed E-state index contributed by atoms with van der Waals surface area (Å²) in [5.41, 5.74) is 0.673. The Hall–Kier alpha value is -1.98. The molecule has 0 bridgehead atoms. The molecule has 27 heavy (non-hydrogen) atoms. The van der Waals surface area contributed by atoms with Gasteiger partial charge in [0.2, 0.25) is 0 Å². The van der Waals surface area contributed by atoms with Crippen molar-refractivity contribution < 1.29 is 23.8 Å². The average molecular weight is 384 g/mol. The van der Waals surface area contributed by atoms with Gasteiger partial charge < -0.3 is 19.5 Å². The summed E-state index contributed by atoms with van der Waals surface area (Å²) in [7, 11) is 1.41. The van der Waals surface area contributed by atoms with E-state index in [9.17, 15) is 9.59 Å². The van der Waals surface area contributed by atoms with Gasteiger partial charge in [-0.3, -0.25) is 4.79 Å². The smallest absolute Gasteiger partial charge is 0.407 e. The molecule has 0 rings (SSSR count). The summed E-state index contributed by atoms with van der Waals surface area (Å²) < 4.78 is 15.3. The molecular formula is C21H37NO5. The van der Waals surface area contributed by atoms with Crippen LogP contribution in [-0.4, -0.2) is 38.4 Å². The number of allylic oxidation sites excluding steroid dienone is 1. The fraction of sp³-hybridized carbons (Fsp3) is 0.714. The van der Waals surface area contributed by atoms with E-state index in [0.29, 0.717) is 24.6 Å². The lowest BCUT2D eigenvalue weighted by atomic mass is 9.81. The van der Waals surface area contributed by atoms with Crippen molar-refractivity contribution in [2.45, 2.75) is 66.4 Å². The van der Waals surface area contributed by atoms with Crippen molar-refractivity contribution in [3.8, 4) is 0 Å². The van der Waals surface area contributed by atoms with Crippen LogP contribution in [0.2, 0.25) is 0 Å². The Morgan fingerprint density at radius 2 is 1.81 bits per heavy atom. The summed E-state index contributed by atoms with van der Waals surface area (Å²) >= 11 is 0. The van der Waals surface area contributed by atoms with Crippen molar-refractivity contribution in [3.63, 3.8) is 0 Å². The second kappa shape index (κ2) is 12.4. The van der Waals surface area contributed by atoms with E-state index in [2.05, 4.69) is 44.0 Å². The van der Waals surface area contributed by atoms with E-state index in [-0.39, 0.29) is 24.1 Å². The Kier molecular flexibility index (Phi) is 11.5. The summed E-state index contributed by atoms with van der Waals surface area (Å²) in [6, 6.07) is 0. The normalized spacial score (nSPS) is 13.3. The molecule has 2 atom stereocenters. The number of amides is 1. The molecule has 1 N–H and O–H groups in total. The highest BCUT2D eigenvalue weighted by atomic mass is 16.6. The highest BCUT2D eigenvalue weighted by molar-refractivity contribution is 5.69. The van der Waals surface area contributed by atoms with Crippen LogP contribution in [0.15, 0.2) is 24.5 Å². The molecule has 1 amide bonds. The number of carbonyl (C=O) groups is 2. The second-order valence-electron chi connectivity index (χ2n) is 8.03. The fourth-order valence-corrected chi connectivity index (χ4v) is 2.73. The minimum Gasteiger partial charge on any atom is -0.490 e. The molecule has 0 saturated heterocycles. The van der Waals surface area contributed by atoms with Crippen LogP contribution in [0.4, 0.5) is 4.79 Å². The Morgan fingerprint density at radius 1 is 1.19 bits per heavy atom. The van der Waals surface area contributed by atoms with Crippen molar-refractivity contribution in [1.82, 2.24) is 5.32 Å². The van der Waals surface area contributed by atoms with Gasteiger partial charge in [-0.25, -0.2) is 4.79 Å². The SMILES string of the molecule is C=C(C)C(=C)OCC(C)OC(=O)NCC(C)(C)CC(C)CCCC(=O)OC. The summed E-state index contributed by atoms with van der Waals surface area (Å²) in [4.78, 5) is 23.1. The molecule has 0 aliphatic carbocycles. The minimum atomic E-state index is -0.460. The molecule has 0 aromatic rings. The molecule has 0 fully saturated rings. The van der Waals surface area contributed by atoms with Gasteiger partial charge in [0.05, 0.1) is 7.11 Å². The van der Waals surface area contributed by atoms with Crippen molar-refractivity contribution in [1.29, 1.82) is 0 Å². The predicted octanol–water partition coefficient (Wildman–Crippen LogP) is 4.60. The highest BCUT2D eigenvalue weighted by Gasteiger charge is 2.23. The van der Waals surface area contributed by atoms with Gasteiger partial charge in [-0.1, -0.05) is 40.3 Å². The summed E-state index contributed by atoms with van der Waals surface area (Å²) in [5.74, 6) is 0.770. The molecule has 0 spiro atoms. The van der Waals surface area contributed by atoms with E-state index in [4.69, 9.17) is 9.47 Å². The number of ether oxygens (including phenoxy) is 3. The highest BCUT2D eigenvalue weighted by Crippen LogP contribution is 2.27. The maximum Gasteiger partial charge on any atom is 0.407 e. The molecule has 6 nitrogen and oxygen atoms in total. The molecule has 156 valence electrons. The van der Waals surface area contributed by atoms with Gasteiger partial charge in [0.15, 0.2) is 0 Å². The molecule has 0 aromatic heterocycles. The number of rotatable bonds is 13. The third kappa shape index (κ3) is 12.9. The van der Waals surface area contributed by atoms with Crippen LogP contribution < -0.4 is 5.32 Å². The van der Waals surface area contributed by atoms with Gasteiger partial charge in [-0.2, -0.15) is 0 Å². The number of hydrogen-bond acceptors (Lipinski definition) is 5. The quantitative estimate of drug-likeness (QED) is 0.286. The lowest BCUT2D eigenvalue weighted by molar-refractivity contribution is -0.140. The van der Waals surface area contributed by atoms with Gasteiger partial charge >= 0.3 is 12.1 Å². The number of nitrogens with one attached hydrogen (secondary N) is 1. The van der Waals surface area contributed by atoms with Crippen LogP contribution in [0.5, 0.6) is 0 Å². The molecule has 0 heterocycles. The second-order valence-corrected chi connectivity index (χ2v) is 8.03. The lowest BCUT2D eigenvalue weighted by Crippen LogP contribution is -2.37. The van der Waals surface area contributed by atoms with E-state index >= 15 is 0 Å². The standard InChI is InChI=1S/C21H37NO5/c1-15(2)18(5)26-13-17(4)27-20(24)22-14-21(6,7)12-16(3)10-9-11-19(23)25-8/h16-17H,1,5,9-14H2,2-4,6-8H3,(H,22,24). The third-order valence-electron chi connectivity index (χ3n) is 4.19. The first-order chi connectivity index (χ1) is 12.5. The number of esters is 1. The minimum absolute atomic E-state index is 0.0717. The van der Waals surface area contributed by atoms with Crippen LogP contribution in [0.3, 0.4) is 0 Å². The zero-order valence-corrected chi connectivity index (χ0v) is 17.9. The first-order valence-electron chi connectivity index (χ1n) is 9.45. The molecule has 2 unspecified atom stereocenters. The summed E-state index contributed by atoms with van der Waals surface area (Å²) in [6.07, 6.45) is 2.30. The van der Waals surface area contributed by atoms with Gasteiger partial charge in [0.25, 0.3) is 0 Å². The van der Waals surface area contributed by atoms with Crippen LogP contribution in [-0.2, 0) is 19.0 Å². The van der Waals surface area contributed by atoms with E-state index in [1.807, 2.05) is 0 Å².